The van der Waals surface area contributed by atoms with E-state index >= 15 is 0 Å². The summed E-state index contributed by atoms with van der Waals surface area (Å²) in [6.07, 6.45) is 4.54. The topological polar surface area (TPSA) is 9.23 Å². The van der Waals surface area contributed by atoms with Crippen molar-refractivity contribution < 1.29 is 4.74 Å². The molecule has 1 nitrogen and oxygen atoms in total. The first-order chi connectivity index (χ1) is 5.65. The van der Waals surface area contributed by atoms with Crippen LogP contribution in [0.2, 0.25) is 0 Å². The zero-order chi connectivity index (χ0) is 9.14. The third-order valence-electron chi connectivity index (χ3n) is 3.26. The highest BCUT2D eigenvalue weighted by Gasteiger charge is 2.30. The van der Waals surface area contributed by atoms with Crippen LogP contribution >= 0.6 is 0 Å². The molecule has 12 heavy (non-hydrogen) atoms. The first-order valence-corrected chi connectivity index (χ1v) is 5.18. The Balaban J connectivity index is 2.50. The van der Waals surface area contributed by atoms with E-state index in [0.717, 1.165) is 17.8 Å². The fraction of sp³-hybridized carbons (Fsp3) is 1.00. The number of hydrogen-bond donors (Lipinski definition) is 0. The largest absolute Gasteiger partial charge is 0.381 e. The van der Waals surface area contributed by atoms with Gasteiger partial charge in [-0.05, 0) is 30.6 Å². The summed E-state index contributed by atoms with van der Waals surface area (Å²) in [5, 5.41) is 0. The summed E-state index contributed by atoms with van der Waals surface area (Å²) < 4.78 is 5.54. The van der Waals surface area contributed by atoms with E-state index in [1.54, 1.807) is 0 Å². The molecule has 3 unspecified atom stereocenters. The second kappa shape index (κ2) is 4.27. The second-order valence-corrected chi connectivity index (χ2v) is 4.60. The van der Waals surface area contributed by atoms with Gasteiger partial charge in [-0.2, -0.15) is 0 Å². The summed E-state index contributed by atoms with van der Waals surface area (Å²) in [5.74, 6) is 2.44. The third kappa shape index (κ3) is 2.22. The van der Waals surface area contributed by atoms with Gasteiger partial charge in [-0.15, -0.1) is 0 Å². The van der Waals surface area contributed by atoms with Crippen molar-refractivity contribution in [3.63, 3.8) is 0 Å². The van der Waals surface area contributed by atoms with Crippen molar-refractivity contribution >= 4 is 0 Å². The summed E-state index contributed by atoms with van der Waals surface area (Å²) in [4.78, 5) is 0. The third-order valence-corrected chi connectivity index (χ3v) is 3.26. The zero-order valence-corrected chi connectivity index (χ0v) is 8.84. The lowest BCUT2D eigenvalue weighted by atomic mass is 9.75. The van der Waals surface area contributed by atoms with Gasteiger partial charge in [0.25, 0.3) is 0 Å². The number of hydrogen-bond acceptors (Lipinski definition) is 1. The molecular weight excluding hydrogens is 148 g/mol. The first-order valence-electron chi connectivity index (χ1n) is 5.18. The predicted octanol–water partition coefficient (Wildman–Crippen LogP) is 3.09. The van der Waals surface area contributed by atoms with Gasteiger partial charge in [-0.3, -0.25) is 0 Å². The molecule has 1 aliphatic rings. The van der Waals surface area contributed by atoms with Crippen molar-refractivity contribution in [2.45, 2.75) is 46.1 Å². The van der Waals surface area contributed by atoms with Crippen molar-refractivity contribution in [1.29, 1.82) is 0 Å². The van der Waals surface area contributed by atoms with E-state index in [-0.39, 0.29) is 0 Å². The molecule has 0 spiro atoms. The van der Waals surface area contributed by atoms with E-state index in [4.69, 9.17) is 4.74 Å². The molecule has 0 N–H and O–H groups in total. The minimum Gasteiger partial charge on any atom is -0.381 e. The molecule has 0 aliphatic heterocycles. The Kier molecular flexibility index (Phi) is 3.57. The first kappa shape index (κ1) is 10.0. The fourth-order valence-electron chi connectivity index (χ4n) is 2.39. The maximum Gasteiger partial charge on any atom is 0.0604 e. The van der Waals surface area contributed by atoms with Gasteiger partial charge in [-0.25, -0.2) is 0 Å². The number of rotatable bonds is 2. The maximum atomic E-state index is 5.54. The van der Waals surface area contributed by atoms with Gasteiger partial charge in [0.1, 0.15) is 0 Å². The fourth-order valence-corrected chi connectivity index (χ4v) is 2.39. The van der Waals surface area contributed by atoms with E-state index in [1.165, 1.54) is 19.3 Å². The molecule has 1 heteroatoms. The van der Waals surface area contributed by atoms with Gasteiger partial charge in [0.15, 0.2) is 0 Å². The van der Waals surface area contributed by atoms with Crippen LogP contribution in [0.5, 0.6) is 0 Å². The van der Waals surface area contributed by atoms with Crippen LogP contribution in [0.1, 0.15) is 40.0 Å². The molecule has 72 valence electrons. The molecule has 0 saturated heterocycles. The summed E-state index contributed by atoms with van der Waals surface area (Å²) in [6, 6.07) is 0. The van der Waals surface area contributed by atoms with Crippen LogP contribution in [0, 0.1) is 17.8 Å². The van der Waals surface area contributed by atoms with Crippen LogP contribution in [0.15, 0.2) is 0 Å². The van der Waals surface area contributed by atoms with Gasteiger partial charge in [0.2, 0.25) is 0 Å². The maximum absolute atomic E-state index is 5.54. The number of ether oxygens (including phenoxy) is 1. The number of methoxy groups -OCH3 is 1. The predicted molar refractivity (Wildman–Crippen MR) is 52.1 cm³/mol. The van der Waals surface area contributed by atoms with Gasteiger partial charge in [0.05, 0.1) is 6.10 Å². The summed E-state index contributed by atoms with van der Waals surface area (Å²) in [7, 11) is 1.86. The Labute approximate surface area is 76.5 Å². The van der Waals surface area contributed by atoms with E-state index in [1.807, 2.05) is 7.11 Å². The Morgan fingerprint density at radius 2 is 1.92 bits per heavy atom. The smallest absolute Gasteiger partial charge is 0.0604 e. The van der Waals surface area contributed by atoms with Gasteiger partial charge < -0.3 is 4.74 Å². The molecule has 1 rings (SSSR count). The van der Waals surface area contributed by atoms with Gasteiger partial charge >= 0.3 is 0 Å². The van der Waals surface area contributed by atoms with Crippen LogP contribution in [0.4, 0.5) is 0 Å². The van der Waals surface area contributed by atoms with Crippen LogP contribution < -0.4 is 0 Å². The SMILES string of the molecule is COC1CC(C)CCC1C(C)C. The molecule has 1 fully saturated rings. The molecule has 0 aromatic rings. The highest BCUT2D eigenvalue weighted by atomic mass is 16.5. The summed E-state index contributed by atoms with van der Waals surface area (Å²) >= 11 is 0. The Morgan fingerprint density at radius 3 is 2.42 bits per heavy atom. The molecule has 0 radical (unpaired) electrons. The van der Waals surface area contributed by atoms with E-state index in [0.29, 0.717) is 6.10 Å². The molecule has 0 amide bonds. The molecule has 1 aliphatic carbocycles. The van der Waals surface area contributed by atoms with Crippen molar-refractivity contribution in [3.8, 4) is 0 Å². The van der Waals surface area contributed by atoms with E-state index < -0.39 is 0 Å². The molecule has 3 atom stereocenters. The second-order valence-electron chi connectivity index (χ2n) is 4.60. The summed E-state index contributed by atoms with van der Waals surface area (Å²) in [5.41, 5.74) is 0. The van der Waals surface area contributed by atoms with Crippen LogP contribution in [-0.4, -0.2) is 13.2 Å². The summed E-state index contributed by atoms with van der Waals surface area (Å²) in [6.45, 7) is 6.96. The lowest BCUT2D eigenvalue weighted by molar-refractivity contribution is -0.00982. The molecule has 0 heterocycles. The van der Waals surface area contributed by atoms with E-state index in [9.17, 15) is 0 Å². The standard InChI is InChI=1S/C11H22O/c1-8(2)10-6-5-9(3)7-11(10)12-4/h8-11H,5-7H2,1-4H3. The van der Waals surface area contributed by atoms with Gasteiger partial charge in [-0.1, -0.05) is 27.2 Å². The lowest BCUT2D eigenvalue weighted by Gasteiger charge is -2.36. The average Bonchev–Trinajstić information content (AvgIpc) is 2.03. The minimum atomic E-state index is 0.522. The highest BCUT2D eigenvalue weighted by Crippen LogP contribution is 2.34. The molecule has 0 aromatic heterocycles. The highest BCUT2D eigenvalue weighted by molar-refractivity contribution is 4.80. The molecule has 1 saturated carbocycles. The Hall–Kier alpha value is -0.0400. The average molecular weight is 170 g/mol. The lowest BCUT2D eigenvalue weighted by Crippen LogP contribution is -2.33. The van der Waals surface area contributed by atoms with Crippen LogP contribution in [0.3, 0.4) is 0 Å². The zero-order valence-electron chi connectivity index (χ0n) is 8.84. The van der Waals surface area contributed by atoms with Crippen molar-refractivity contribution in [2.24, 2.45) is 17.8 Å². The molecule has 0 bridgehead atoms. The molecular formula is C11H22O. The van der Waals surface area contributed by atoms with Crippen molar-refractivity contribution in [2.75, 3.05) is 7.11 Å². The van der Waals surface area contributed by atoms with Crippen LogP contribution in [-0.2, 0) is 4.74 Å². The van der Waals surface area contributed by atoms with Crippen LogP contribution in [0.25, 0.3) is 0 Å². The van der Waals surface area contributed by atoms with E-state index in [2.05, 4.69) is 20.8 Å². The normalized spacial score (nSPS) is 37.2. The Morgan fingerprint density at radius 1 is 1.25 bits per heavy atom. The van der Waals surface area contributed by atoms with Gasteiger partial charge in [0, 0.05) is 7.11 Å². The monoisotopic (exact) mass is 170 g/mol. The Bertz CT molecular complexity index is 131. The van der Waals surface area contributed by atoms with Crippen molar-refractivity contribution in [1.82, 2.24) is 0 Å². The van der Waals surface area contributed by atoms with Crippen molar-refractivity contribution in [3.05, 3.63) is 0 Å². The quantitative estimate of drug-likeness (QED) is 0.619. The molecule has 0 aromatic carbocycles. The minimum absolute atomic E-state index is 0.522.